The number of methoxy groups -OCH3 is 1. The molecule has 3 nitrogen and oxygen atoms in total. The van der Waals surface area contributed by atoms with Gasteiger partial charge in [-0.25, -0.2) is 0 Å². The average Bonchev–Trinajstić information content (AvgIpc) is 2.61. The summed E-state index contributed by atoms with van der Waals surface area (Å²) in [6.45, 7) is 4.11. The molecule has 0 saturated heterocycles. The van der Waals surface area contributed by atoms with Crippen molar-refractivity contribution in [2.75, 3.05) is 19.1 Å². The molecule has 1 amide bonds. The van der Waals surface area contributed by atoms with Gasteiger partial charge < -0.3 is 9.64 Å². The van der Waals surface area contributed by atoms with E-state index < -0.39 is 5.41 Å². The molecule has 0 bridgehead atoms. The van der Waals surface area contributed by atoms with Gasteiger partial charge in [-0.3, -0.25) is 4.79 Å². The summed E-state index contributed by atoms with van der Waals surface area (Å²) in [7, 11) is 3.52. The molecule has 2 aliphatic rings. The molecule has 0 radical (unpaired) electrons. The molecule has 19 heavy (non-hydrogen) atoms. The van der Waals surface area contributed by atoms with Crippen molar-refractivity contribution < 1.29 is 9.53 Å². The quantitative estimate of drug-likeness (QED) is 0.724. The number of allylic oxidation sites excluding steroid dienone is 1. The van der Waals surface area contributed by atoms with Crippen LogP contribution in [0.5, 0.6) is 5.75 Å². The summed E-state index contributed by atoms with van der Waals surface area (Å²) in [6.07, 6.45) is 3.76. The van der Waals surface area contributed by atoms with Gasteiger partial charge in [-0.05, 0) is 49.4 Å². The molecule has 0 unspecified atom stereocenters. The summed E-state index contributed by atoms with van der Waals surface area (Å²) in [5.74, 6) is 1.02. The number of ether oxygens (including phenoxy) is 1. The van der Waals surface area contributed by atoms with Gasteiger partial charge in [0.15, 0.2) is 0 Å². The lowest BCUT2D eigenvalue weighted by atomic mass is 9.69. The van der Waals surface area contributed by atoms with Gasteiger partial charge in [-0.15, -0.1) is 0 Å². The number of likely N-dealkylation sites (N-methyl/N-ethyl adjacent to an activating group) is 1. The third kappa shape index (κ3) is 1.61. The van der Waals surface area contributed by atoms with Crippen LogP contribution in [-0.4, -0.2) is 20.1 Å². The zero-order valence-corrected chi connectivity index (χ0v) is 11.5. The van der Waals surface area contributed by atoms with Gasteiger partial charge in [0.25, 0.3) is 0 Å². The number of amides is 1. The molecule has 1 aliphatic carbocycles. The van der Waals surface area contributed by atoms with E-state index in [1.54, 1.807) is 12.0 Å². The van der Waals surface area contributed by atoms with Crippen molar-refractivity contribution in [2.45, 2.75) is 31.1 Å². The Morgan fingerprint density at radius 3 is 2.89 bits per heavy atom. The first-order chi connectivity index (χ1) is 9.08. The molecule has 0 N–H and O–H groups in total. The molecule has 100 valence electrons. The Hall–Kier alpha value is -1.77. The lowest BCUT2D eigenvalue weighted by Gasteiger charge is -2.33. The van der Waals surface area contributed by atoms with Crippen LogP contribution in [0.2, 0.25) is 0 Å². The molecule has 1 saturated carbocycles. The number of fused-ring (bicyclic) bond motifs is 2. The predicted molar refractivity (Wildman–Crippen MR) is 75.7 cm³/mol. The summed E-state index contributed by atoms with van der Waals surface area (Å²) in [6, 6.07) is 5.92. The van der Waals surface area contributed by atoms with Crippen molar-refractivity contribution >= 4 is 11.6 Å². The van der Waals surface area contributed by atoms with Crippen LogP contribution in [0.15, 0.2) is 30.4 Å². The number of nitrogens with zero attached hydrogens (tertiary/aromatic N) is 1. The molecule has 1 atom stereocenters. The minimum absolute atomic E-state index is 0.205. The van der Waals surface area contributed by atoms with Gasteiger partial charge in [0, 0.05) is 12.7 Å². The van der Waals surface area contributed by atoms with Crippen LogP contribution in [-0.2, 0) is 10.2 Å². The second kappa shape index (κ2) is 4.12. The average molecular weight is 257 g/mol. The first-order valence-electron chi connectivity index (χ1n) is 6.72. The Labute approximate surface area is 113 Å². The molecule has 3 rings (SSSR count). The second-order valence-electron chi connectivity index (χ2n) is 5.61. The number of anilines is 1. The Balaban J connectivity index is 2.17. The Bertz CT molecular complexity index is 564. The van der Waals surface area contributed by atoms with Crippen LogP contribution in [0.25, 0.3) is 0 Å². The molecule has 1 heterocycles. The fraction of sp³-hybridized carbons (Fsp3) is 0.438. The van der Waals surface area contributed by atoms with Crippen LogP contribution in [0, 0.1) is 0 Å². The summed E-state index contributed by atoms with van der Waals surface area (Å²) < 4.78 is 5.32. The lowest BCUT2D eigenvalue weighted by Crippen LogP contribution is -2.40. The zero-order chi connectivity index (χ0) is 13.6. The molecule has 1 aliphatic heterocycles. The van der Waals surface area contributed by atoms with Crippen molar-refractivity contribution in [1.82, 2.24) is 0 Å². The van der Waals surface area contributed by atoms with Gasteiger partial charge in [-0.2, -0.15) is 0 Å². The third-order valence-corrected chi connectivity index (χ3v) is 4.48. The number of rotatable bonds is 1. The van der Waals surface area contributed by atoms with E-state index in [9.17, 15) is 4.79 Å². The van der Waals surface area contributed by atoms with Crippen LogP contribution in [0.4, 0.5) is 5.69 Å². The summed E-state index contributed by atoms with van der Waals surface area (Å²) >= 11 is 0. The standard InChI is InChI=1S/C16H19NO2/c1-11-5-4-8-16(10-11)13-9-12(19-3)6-7-14(13)17(2)15(16)18/h6-7,9H,1,4-5,8,10H2,2-3H3/t16-/m0/s1. The minimum Gasteiger partial charge on any atom is -0.497 e. The Morgan fingerprint density at radius 1 is 1.42 bits per heavy atom. The normalized spacial score (nSPS) is 25.9. The van der Waals surface area contributed by atoms with E-state index >= 15 is 0 Å². The predicted octanol–water partition coefficient (Wildman–Crippen LogP) is 3.04. The van der Waals surface area contributed by atoms with Crippen LogP contribution in [0.1, 0.15) is 31.2 Å². The van der Waals surface area contributed by atoms with Crippen molar-refractivity contribution in [1.29, 1.82) is 0 Å². The summed E-state index contributed by atoms with van der Waals surface area (Å²) in [5, 5.41) is 0. The maximum atomic E-state index is 12.7. The molecule has 1 fully saturated rings. The topological polar surface area (TPSA) is 29.5 Å². The smallest absolute Gasteiger partial charge is 0.237 e. The first kappa shape index (κ1) is 12.3. The van der Waals surface area contributed by atoms with Crippen LogP contribution < -0.4 is 9.64 Å². The van der Waals surface area contributed by atoms with E-state index in [0.717, 1.165) is 42.7 Å². The Kier molecular flexibility index (Phi) is 2.66. The van der Waals surface area contributed by atoms with Crippen LogP contribution >= 0.6 is 0 Å². The number of carbonyl (C=O) groups is 1. The second-order valence-corrected chi connectivity index (χ2v) is 5.61. The monoisotopic (exact) mass is 257 g/mol. The van der Waals surface area contributed by atoms with Crippen LogP contribution in [0.3, 0.4) is 0 Å². The SMILES string of the molecule is C=C1CCC[C@@]2(C1)C(=O)N(C)c1ccc(OC)cc12. The van der Waals surface area contributed by atoms with Gasteiger partial charge in [0.05, 0.1) is 12.5 Å². The fourth-order valence-electron chi connectivity index (χ4n) is 3.52. The molecular formula is C16H19NO2. The first-order valence-corrected chi connectivity index (χ1v) is 6.72. The highest BCUT2D eigenvalue weighted by Crippen LogP contribution is 2.51. The molecule has 1 spiro atoms. The van der Waals surface area contributed by atoms with Crippen molar-refractivity contribution in [3.8, 4) is 5.75 Å². The molecule has 3 heteroatoms. The van der Waals surface area contributed by atoms with E-state index in [0.29, 0.717) is 0 Å². The van der Waals surface area contributed by atoms with Crippen molar-refractivity contribution in [3.05, 3.63) is 35.9 Å². The highest BCUT2D eigenvalue weighted by molar-refractivity contribution is 6.08. The highest BCUT2D eigenvalue weighted by atomic mass is 16.5. The maximum Gasteiger partial charge on any atom is 0.237 e. The Morgan fingerprint density at radius 2 is 2.21 bits per heavy atom. The van der Waals surface area contributed by atoms with Crippen molar-refractivity contribution in [3.63, 3.8) is 0 Å². The largest absolute Gasteiger partial charge is 0.497 e. The van der Waals surface area contributed by atoms with E-state index in [1.165, 1.54) is 5.57 Å². The molecule has 1 aromatic rings. The highest BCUT2D eigenvalue weighted by Gasteiger charge is 2.50. The molecule has 1 aromatic carbocycles. The number of carbonyl (C=O) groups excluding carboxylic acids is 1. The zero-order valence-electron chi connectivity index (χ0n) is 11.5. The van der Waals surface area contributed by atoms with E-state index in [1.807, 2.05) is 25.2 Å². The summed E-state index contributed by atoms with van der Waals surface area (Å²) in [4.78, 5) is 14.5. The van der Waals surface area contributed by atoms with E-state index in [2.05, 4.69) is 6.58 Å². The lowest BCUT2D eigenvalue weighted by molar-refractivity contribution is -0.123. The van der Waals surface area contributed by atoms with Gasteiger partial charge >= 0.3 is 0 Å². The summed E-state index contributed by atoms with van der Waals surface area (Å²) in [5.41, 5.74) is 2.91. The van der Waals surface area contributed by atoms with E-state index in [-0.39, 0.29) is 5.91 Å². The van der Waals surface area contributed by atoms with E-state index in [4.69, 9.17) is 4.74 Å². The van der Waals surface area contributed by atoms with Crippen molar-refractivity contribution in [2.24, 2.45) is 0 Å². The number of hydrogen-bond acceptors (Lipinski definition) is 2. The van der Waals surface area contributed by atoms with Gasteiger partial charge in [0.1, 0.15) is 5.75 Å². The number of benzene rings is 1. The third-order valence-electron chi connectivity index (χ3n) is 4.48. The minimum atomic E-state index is -0.395. The molecule has 0 aromatic heterocycles. The van der Waals surface area contributed by atoms with Gasteiger partial charge in [-0.1, -0.05) is 12.2 Å². The molecular weight excluding hydrogens is 238 g/mol. The maximum absolute atomic E-state index is 12.7. The van der Waals surface area contributed by atoms with Gasteiger partial charge in [0.2, 0.25) is 5.91 Å². The fourth-order valence-corrected chi connectivity index (χ4v) is 3.52. The number of hydrogen-bond donors (Lipinski definition) is 0.